The Bertz CT molecular complexity index is 507. The van der Waals surface area contributed by atoms with Crippen molar-refractivity contribution in [2.24, 2.45) is 5.41 Å². The fourth-order valence-electron chi connectivity index (χ4n) is 1.78. The molecular formula is C17H24O3. The minimum Gasteiger partial charge on any atom is -0.426 e. The largest absolute Gasteiger partial charge is 0.426 e. The van der Waals surface area contributed by atoms with Crippen LogP contribution < -0.4 is 4.74 Å². The molecule has 3 nitrogen and oxygen atoms in total. The molecule has 0 atom stereocenters. The number of benzene rings is 1. The van der Waals surface area contributed by atoms with Crippen LogP contribution in [-0.2, 0) is 15.0 Å². The minimum absolute atomic E-state index is 0.262. The number of carbonyl (C=O) groups excluding carboxylic acids is 2. The summed E-state index contributed by atoms with van der Waals surface area (Å²) in [4.78, 5) is 22.7. The van der Waals surface area contributed by atoms with Gasteiger partial charge in [0.05, 0.1) is 5.41 Å². The lowest BCUT2D eigenvalue weighted by molar-refractivity contribution is -0.143. The molecule has 1 aromatic carbocycles. The fourth-order valence-corrected chi connectivity index (χ4v) is 1.78. The second-order valence-electron chi connectivity index (χ2n) is 6.93. The van der Waals surface area contributed by atoms with Crippen LogP contribution in [0, 0.1) is 12.3 Å². The highest BCUT2D eigenvalue weighted by molar-refractivity contribution is 5.78. The first-order valence-electron chi connectivity index (χ1n) is 6.84. The highest BCUT2D eigenvalue weighted by Crippen LogP contribution is 2.31. The maximum absolute atomic E-state index is 12.0. The van der Waals surface area contributed by atoms with Crippen LogP contribution >= 0.6 is 0 Å². The van der Waals surface area contributed by atoms with Crippen LogP contribution in [-0.4, -0.2) is 12.3 Å². The Hall–Kier alpha value is -1.64. The van der Waals surface area contributed by atoms with E-state index in [1.807, 2.05) is 59.7 Å². The lowest BCUT2D eigenvalue weighted by Crippen LogP contribution is -2.26. The van der Waals surface area contributed by atoms with Gasteiger partial charge in [0.25, 0.3) is 0 Å². The number of hydrogen-bond donors (Lipinski definition) is 0. The van der Waals surface area contributed by atoms with E-state index >= 15 is 0 Å². The van der Waals surface area contributed by atoms with Crippen molar-refractivity contribution in [2.75, 3.05) is 0 Å². The summed E-state index contributed by atoms with van der Waals surface area (Å²) in [7, 11) is 0. The molecule has 0 spiro atoms. The van der Waals surface area contributed by atoms with E-state index in [-0.39, 0.29) is 11.4 Å². The van der Waals surface area contributed by atoms with Crippen LogP contribution in [0.15, 0.2) is 18.2 Å². The molecule has 20 heavy (non-hydrogen) atoms. The van der Waals surface area contributed by atoms with E-state index in [0.717, 1.165) is 17.4 Å². The molecule has 0 fully saturated rings. The first-order chi connectivity index (χ1) is 9.06. The summed E-state index contributed by atoms with van der Waals surface area (Å²) < 4.78 is 5.45. The first kappa shape index (κ1) is 16.4. The zero-order valence-electron chi connectivity index (χ0n) is 13.2. The number of hydrogen-bond acceptors (Lipinski definition) is 3. The van der Waals surface area contributed by atoms with E-state index in [4.69, 9.17) is 4.74 Å². The van der Waals surface area contributed by atoms with Crippen molar-refractivity contribution in [2.45, 2.75) is 53.4 Å². The van der Waals surface area contributed by atoms with Crippen molar-refractivity contribution in [3.8, 4) is 5.75 Å². The van der Waals surface area contributed by atoms with E-state index in [1.165, 1.54) is 0 Å². The van der Waals surface area contributed by atoms with Gasteiger partial charge in [-0.15, -0.1) is 0 Å². The molecule has 0 saturated carbocycles. The zero-order chi connectivity index (χ0) is 15.6. The highest BCUT2D eigenvalue weighted by Gasteiger charge is 2.25. The molecule has 0 amide bonds. The Morgan fingerprint density at radius 2 is 1.75 bits per heavy atom. The summed E-state index contributed by atoms with van der Waals surface area (Å²) in [5.74, 6) is 0.279. The quantitative estimate of drug-likeness (QED) is 0.477. The zero-order valence-corrected chi connectivity index (χ0v) is 13.2. The molecule has 0 unspecified atom stereocenters. The van der Waals surface area contributed by atoms with E-state index < -0.39 is 5.41 Å². The van der Waals surface area contributed by atoms with Gasteiger partial charge in [0, 0.05) is 6.42 Å². The Labute approximate surface area is 121 Å². The molecule has 0 aliphatic rings. The van der Waals surface area contributed by atoms with Gasteiger partial charge in [0.1, 0.15) is 12.0 Å². The van der Waals surface area contributed by atoms with E-state index in [2.05, 4.69) is 0 Å². The van der Waals surface area contributed by atoms with Gasteiger partial charge in [-0.2, -0.15) is 0 Å². The van der Waals surface area contributed by atoms with Crippen molar-refractivity contribution >= 4 is 12.3 Å². The van der Waals surface area contributed by atoms with Gasteiger partial charge < -0.3 is 9.53 Å². The van der Waals surface area contributed by atoms with Crippen LogP contribution in [0.5, 0.6) is 5.75 Å². The van der Waals surface area contributed by atoms with Crippen LogP contribution in [0.4, 0.5) is 0 Å². The molecular weight excluding hydrogens is 252 g/mol. The van der Waals surface area contributed by atoms with Crippen LogP contribution in [0.2, 0.25) is 0 Å². The number of esters is 1. The third-order valence-corrected chi connectivity index (χ3v) is 3.25. The van der Waals surface area contributed by atoms with Gasteiger partial charge in [-0.1, -0.05) is 19.9 Å². The summed E-state index contributed by atoms with van der Waals surface area (Å²) in [6.45, 7) is 11.4. The number of ether oxygens (including phenoxy) is 1. The molecule has 0 aromatic heterocycles. The third kappa shape index (κ3) is 4.19. The Balaban J connectivity index is 3.09. The number of rotatable bonds is 4. The number of carbonyl (C=O) groups is 2. The Morgan fingerprint density at radius 3 is 2.25 bits per heavy atom. The number of aldehydes is 1. The summed E-state index contributed by atoms with van der Waals surface area (Å²) in [5, 5.41) is 0. The van der Waals surface area contributed by atoms with Gasteiger partial charge in [0.2, 0.25) is 0 Å². The minimum atomic E-state index is -0.539. The molecule has 0 aliphatic carbocycles. The molecule has 1 rings (SSSR count). The van der Waals surface area contributed by atoms with E-state index in [1.54, 1.807) is 0 Å². The SMILES string of the molecule is Cc1cc(OC(=O)C(C)(C)C)cc(C(C)(C)CC=O)c1. The molecule has 0 N–H and O–H groups in total. The van der Waals surface area contributed by atoms with Crippen molar-refractivity contribution in [3.63, 3.8) is 0 Å². The average Bonchev–Trinajstić information content (AvgIpc) is 2.26. The van der Waals surface area contributed by atoms with Gasteiger partial charge >= 0.3 is 5.97 Å². The molecule has 0 bridgehead atoms. The Morgan fingerprint density at radius 1 is 1.15 bits per heavy atom. The van der Waals surface area contributed by atoms with Crippen molar-refractivity contribution in [1.29, 1.82) is 0 Å². The van der Waals surface area contributed by atoms with Gasteiger partial charge in [0.15, 0.2) is 0 Å². The second-order valence-corrected chi connectivity index (χ2v) is 6.93. The average molecular weight is 276 g/mol. The van der Waals surface area contributed by atoms with E-state index in [0.29, 0.717) is 12.2 Å². The monoisotopic (exact) mass is 276 g/mol. The summed E-state index contributed by atoms with van der Waals surface area (Å²) in [5.41, 5.74) is 1.21. The lowest BCUT2D eigenvalue weighted by atomic mass is 9.81. The van der Waals surface area contributed by atoms with Crippen LogP contribution in [0.1, 0.15) is 52.2 Å². The standard InChI is InChI=1S/C17H24O3/c1-12-9-13(17(5,6)7-8-18)11-14(10-12)20-15(19)16(2,3)4/h8-11H,7H2,1-6H3. The predicted molar refractivity (Wildman–Crippen MR) is 80.0 cm³/mol. The molecule has 0 heterocycles. The normalized spacial score (nSPS) is 12.1. The molecule has 1 aromatic rings. The summed E-state index contributed by atoms with van der Waals surface area (Å²) >= 11 is 0. The summed E-state index contributed by atoms with van der Waals surface area (Å²) in [6.07, 6.45) is 1.35. The smallest absolute Gasteiger partial charge is 0.316 e. The molecule has 0 saturated heterocycles. The highest BCUT2D eigenvalue weighted by atomic mass is 16.5. The van der Waals surface area contributed by atoms with Crippen LogP contribution in [0.25, 0.3) is 0 Å². The van der Waals surface area contributed by atoms with Gasteiger partial charge in [-0.25, -0.2) is 0 Å². The summed E-state index contributed by atoms with van der Waals surface area (Å²) in [6, 6.07) is 5.71. The fraction of sp³-hybridized carbons (Fsp3) is 0.529. The first-order valence-corrected chi connectivity index (χ1v) is 6.84. The van der Waals surface area contributed by atoms with Crippen molar-refractivity contribution < 1.29 is 14.3 Å². The molecule has 0 radical (unpaired) electrons. The maximum Gasteiger partial charge on any atom is 0.316 e. The predicted octanol–water partition coefficient (Wildman–Crippen LogP) is 3.81. The molecule has 110 valence electrons. The van der Waals surface area contributed by atoms with Crippen LogP contribution in [0.3, 0.4) is 0 Å². The topological polar surface area (TPSA) is 43.4 Å². The van der Waals surface area contributed by atoms with Crippen molar-refractivity contribution in [1.82, 2.24) is 0 Å². The van der Waals surface area contributed by atoms with Crippen molar-refractivity contribution in [3.05, 3.63) is 29.3 Å². The number of aryl methyl sites for hydroxylation is 1. The third-order valence-electron chi connectivity index (χ3n) is 3.25. The van der Waals surface area contributed by atoms with E-state index in [9.17, 15) is 9.59 Å². The maximum atomic E-state index is 12.0. The molecule has 3 heteroatoms. The second kappa shape index (κ2) is 5.78. The lowest BCUT2D eigenvalue weighted by Gasteiger charge is -2.24. The van der Waals surface area contributed by atoms with Gasteiger partial charge in [-0.05, 0) is 56.4 Å². The van der Waals surface area contributed by atoms with Gasteiger partial charge in [-0.3, -0.25) is 4.79 Å². The molecule has 0 aliphatic heterocycles. The Kier molecular flexibility index (Phi) is 4.74.